The van der Waals surface area contributed by atoms with Gasteiger partial charge in [0.25, 0.3) is 23.3 Å². The molecule has 5 aliphatic rings. The molecule has 7 rings (SSSR count). The van der Waals surface area contributed by atoms with Gasteiger partial charge in [-0.2, -0.15) is 0 Å². The van der Waals surface area contributed by atoms with Crippen molar-refractivity contribution in [3.63, 3.8) is 0 Å². The van der Waals surface area contributed by atoms with Gasteiger partial charge in [0, 0.05) is 11.3 Å². The largest absolute Gasteiger partial charge is 0.358 e. The Hall–Kier alpha value is -4.69. The van der Waals surface area contributed by atoms with Gasteiger partial charge in [0.05, 0.1) is 13.1 Å². The van der Waals surface area contributed by atoms with Crippen LogP contribution in [-0.4, -0.2) is 98.7 Å². The van der Waals surface area contributed by atoms with E-state index in [1.54, 1.807) is 30.3 Å². The van der Waals surface area contributed by atoms with Gasteiger partial charge >= 0.3 is 18.0 Å². The molecule has 2 fully saturated rings. The molecule has 0 radical (unpaired) electrons. The molecule has 2 saturated heterocycles. The topological polar surface area (TPSA) is 203 Å². The number of para-hydroxylation sites is 1. The van der Waals surface area contributed by atoms with Crippen LogP contribution in [-0.2, 0) is 16.6 Å². The molecule has 4 amide bonds. The van der Waals surface area contributed by atoms with Crippen molar-refractivity contribution >= 4 is 35.5 Å². The van der Waals surface area contributed by atoms with Crippen LogP contribution in [0.2, 0.25) is 0 Å². The molecule has 0 bridgehead atoms. The second-order valence-electron chi connectivity index (χ2n) is 13.2. The van der Waals surface area contributed by atoms with Crippen molar-refractivity contribution in [1.29, 1.82) is 0 Å². The number of fused-ring (bicyclic) bond motifs is 1. The summed E-state index contributed by atoms with van der Waals surface area (Å²) in [6.07, 6.45) is 2.72. The number of carbonyl (C=O) groups excluding carboxylic acids is 3. The molecule has 2 aromatic carbocycles. The minimum atomic E-state index is -2.60. The van der Waals surface area contributed by atoms with E-state index < -0.39 is 47.4 Å². The van der Waals surface area contributed by atoms with Gasteiger partial charge in [0.1, 0.15) is 18.6 Å². The van der Waals surface area contributed by atoms with Crippen LogP contribution in [0, 0.1) is 0 Å². The summed E-state index contributed by atoms with van der Waals surface area (Å²) in [7, 11) is 0. The number of amides is 4. The molecule has 45 heavy (non-hydrogen) atoms. The molecule has 14 heteroatoms. The molecule has 4 aliphatic heterocycles. The average Bonchev–Trinajstić information content (AvgIpc) is 3.58. The summed E-state index contributed by atoms with van der Waals surface area (Å²) in [6, 6.07) is 11.2. The van der Waals surface area contributed by atoms with Crippen molar-refractivity contribution in [3.05, 3.63) is 65.2 Å². The third-order valence-electron chi connectivity index (χ3n) is 10.1. The van der Waals surface area contributed by atoms with Crippen LogP contribution in [0.3, 0.4) is 0 Å². The number of aliphatic hydroxyl groups is 2. The standard InChI is InChI=1S/C31H37N9O5/c1-29(2)13-7-11-18-19(10-6-12-20(18)29)25(42)35-22-15-40-27(33)34-21(24-30(40,31(22,44)45)37-26(32)36-24)14-39-23(41)16-38(28(39)43)17-8-4-3-5-9-17/h3-6,8-10,12,21-22,24,44-45H,7,11,13-16H2,1-2H3,(H6,32,33,34,35,36,37,42)/p+2/t21-,22?,24-,30?/m0/s1. The van der Waals surface area contributed by atoms with Crippen LogP contribution >= 0.6 is 0 Å². The van der Waals surface area contributed by atoms with E-state index >= 15 is 0 Å². The van der Waals surface area contributed by atoms with E-state index in [1.165, 1.54) is 9.48 Å². The summed E-state index contributed by atoms with van der Waals surface area (Å²) in [6.45, 7) is 4.00. The van der Waals surface area contributed by atoms with Crippen LogP contribution < -0.4 is 37.3 Å². The maximum atomic E-state index is 13.8. The fourth-order valence-electron chi connectivity index (χ4n) is 7.90. The van der Waals surface area contributed by atoms with Crippen LogP contribution in [0.5, 0.6) is 0 Å². The maximum Gasteiger partial charge on any atom is 0.347 e. The highest BCUT2D eigenvalue weighted by Crippen LogP contribution is 2.40. The molecule has 1 aliphatic carbocycles. The number of rotatable bonds is 5. The first-order valence-corrected chi connectivity index (χ1v) is 15.2. The normalized spacial score (nSPS) is 29.4. The van der Waals surface area contributed by atoms with E-state index in [0.717, 1.165) is 35.3 Å². The number of benzene rings is 2. The van der Waals surface area contributed by atoms with Crippen LogP contribution in [0.1, 0.15) is 48.2 Å². The van der Waals surface area contributed by atoms with E-state index in [1.807, 2.05) is 12.1 Å². The number of urea groups is 1. The number of nitrogens with one attached hydrogen (secondary N) is 4. The lowest BCUT2D eigenvalue weighted by molar-refractivity contribution is -0.674. The van der Waals surface area contributed by atoms with Crippen molar-refractivity contribution in [2.24, 2.45) is 11.5 Å². The molecule has 2 unspecified atom stereocenters. The zero-order valence-electron chi connectivity index (χ0n) is 25.2. The number of nitrogens with two attached hydrogens (primary N) is 2. The Balaban J connectivity index is 1.17. The van der Waals surface area contributed by atoms with Gasteiger partial charge in [-0.15, -0.1) is 0 Å². The van der Waals surface area contributed by atoms with E-state index in [0.29, 0.717) is 11.3 Å². The van der Waals surface area contributed by atoms with Gasteiger partial charge in [-0.1, -0.05) is 44.2 Å². The second kappa shape index (κ2) is 9.91. The van der Waals surface area contributed by atoms with Crippen molar-refractivity contribution in [2.45, 2.75) is 68.1 Å². The van der Waals surface area contributed by atoms with Crippen molar-refractivity contribution in [1.82, 2.24) is 20.9 Å². The predicted molar refractivity (Wildman–Crippen MR) is 163 cm³/mol. The van der Waals surface area contributed by atoms with E-state index in [2.05, 4.69) is 40.9 Å². The lowest BCUT2D eigenvalue weighted by Crippen LogP contribution is -2.92. The van der Waals surface area contributed by atoms with Crippen molar-refractivity contribution in [2.75, 3.05) is 24.5 Å². The number of carbonyl (C=O) groups is 3. The van der Waals surface area contributed by atoms with Crippen LogP contribution in [0.4, 0.5) is 10.5 Å². The molecule has 1 spiro atoms. The van der Waals surface area contributed by atoms with Gasteiger partial charge < -0.3 is 15.5 Å². The molecule has 10 N–H and O–H groups in total. The number of hydrogen-bond donors (Lipinski definition) is 8. The third-order valence-corrected chi connectivity index (χ3v) is 10.1. The Morgan fingerprint density at radius 3 is 2.64 bits per heavy atom. The SMILES string of the molecule is CC1(C)CCCc2c(C(=O)NC3C[N+]4=C(N)N[C@@H](CN5C(=O)CN(c6ccccc6)C5=O)[C@@H]5[NH+]=C(N)NC54C3(O)O)cccc21. The summed E-state index contributed by atoms with van der Waals surface area (Å²) < 4.78 is 1.53. The number of anilines is 1. The number of hydrogen-bond acceptors (Lipinski definition) is 9. The smallest absolute Gasteiger partial charge is 0.347 e. The highest BCUT2D eigenvalue weighted by molar-refractivity contribution is 6.12. The van der Waals surface area contributed by atoms with Gasteiger partial charge in [-0.25, -0.2) is 14.7 Å². The van der Waals surface area contributed by atoms with Crippen LogP contribution in [0.25, 0.3) is 0 Å². The minimum Gasteiger partial charge on any atom is -0.358 e. The molecular formula is C31H39N9O5+2. The molecule has 236 valence electrons. The zero-order chi connectivity index (χ0) is 31.9. The van der Waals surface area contributed by atoms with Crippen molar-refractivity contribution in [3.8, 4) is 0 Å². The first-order valence-electron chi connectivity index (χ1n) is 15.2. The Labute approximate surface area is 259 Å². The first-order chi connectivity index (χ1) is 21.3. The summed E-state index contributed by atoms with van der Waals surface area (Å²) in [4.78, 5) is 45.8. The van der Waals surface area contributed by atoms with Crippen molar-refractivity contribution < 1.29 is 34.2 Å². The first kappa shape index (κ1) is 29.0. The molecule has 14 nitrogen and oxygen atoms in total. The lowest BCUT2D eigenvalue weighted by atomic mass is 9.71. The van der Waals surface area contributed by atoms with Gasteiger partial charge in [0.15, 0.2) is 6.04 Å². The summed E-state index contributed by atoms with van der Waals surface area (Å²) in [5, 5.41) is 32.8. The van der Waals surface area contributed by atoms with Gasteiger partial charge in [0.2, 0.25) is 0 Å². The van der Waals surface area contributed by atoms with Gasteiger partial charge in [-0.05, 0) is 54.0 Å². The summed E-state index contributed by atoms with van der Waals surface area (Å²) >= 11 is 0. The fraction of sp³-hybridized carbons (Fsp3) is 0.452. The van der Waals surface area contributed by atoms with E-state index in [-0.39, 0.29) is 37.0 Å². The highest BCUT2D eigenvalue weighted by Gasteiger charge is 2.78. The molecular weight excluding hydrogens is 578 g/mol. The Morgan fingerprint density at radius 1 is 1.13 bits per heavy atom. The quantitative estimate of drug-likeness (QED) is 0.0973. The van der Waals surface area contributed by atoms with Crippen LogP contribution in [0.15, 0.2) is 48.5 Å². The number of guanidine groups is 2. The molecule has 4 atom stereocenters. The number of imide groups is 1. The van der Waals surface area contributed by atoms with E-state index in [4.69, 9.17) is 11.5 Å². The molecule has 2 aromatic rings. The maximum absolute atomic E-state index is 13.8. The average molecular weight is 618 g/mol. The lowest BCUT2D eigenvalue weighted by Gasteiger charge is -2.41. The monoisotopic (exact) mass is 617 g/mol. The zero-order valence-corrected chi connectivity index (χ0v) is 25.2. The van der Waals surface area contributed by atoms with Gasteiger partial charge in [-0.3, -0.25) is 41.2 Å². The molecule has 4 heterocycles. The second-order valence-corrected chi connectivity index (χ2v) is 13.2. The Morgan fingerprint density at radius 2 is 1.89 bits per heavy atom. The highest BCUT2D eigenvalue weighted by atomic mass is 16.5. The summed E-state index contributed by atoms with van der Waals surface area (Å²) in [5.41, 5.74) is 14.1. The molecule has 0 aromatic heterocycles. The fourth-order valence-corrected chi connectivity index (χ4v) is 7.90. The Kier molecular flexibility index (Phi) is 6.39. The summed E-state index contributed by atoms with van der Waals surface area (Å²) in [5.74, 6) is -3.31. The molecule has 0 saturated carbocycles. The number of nitrogens with zero attached hydrogens (tertiary/aromatic N) is 3. The third kappa shape index (κ3) is 4.19. The minimum absolute atomic E-state index is 0.0512. The predicted octanol–water partition coefficient (Wildman–Crippen LogP) is -3.08. The Bertz CT molecular complexity index is 1670. The van der Waals surface area contributed by atoms with E-state index in [9.17, 15) is 24.6 Å².